The molecule has 0 unspecified atom stereocenters. The molecule has 0 aliphatic rings. The Balaban J connectivity index is 2.18. The molecule has 0 bridgehead atoms. The predicted molar refractivity (Wildman–Crippen MR) is 44.7 cm³/mol. The number of hydrogen-bond donors (Lipinski definition) is 1. The van der Waals surface area contributed by atoms with Crippen molar-refractivity contribution >= 4 is 5.91 Å². The summed E-state index contributed by atoms with van der Waals surface area (Å²) < 4.78 is 4.52. The van der Waals surface area contributed by atoms with Gasteiger partial charge in [-0.2, -0.15) is 4.98 Å². The highest BCUT2D eigenvalue weighted by Gasteiger charge is 2.03. The van der Waals surface area contributed by atoms with Gasteiger partial charge in [-0.15, -0.1) is 0 Å². The van der Waals surface area contributed by atoms with Crippen LogP contribution in [0.1, 0.15) is 5.82 Å². The minimum Gasteiger partial charge on any atom is -0.348 e. The van der Waals surface area contributed by atoms with Crippen LogP contribution in [0, 0.1) is 0 Å². The van der Waals surface area contributed by atoms with Crippen molar-refractivity contribution in [3.8, 4) is 0 Å². The molecule has 0 spiro atoms. The highest BCUT2D eigenvalue weighted by molar-refractivity contribution is 5.77. The highest BCUT2D eigenvalue weighted by atomic mass is 16.5. The van der Waals surface area contributed by atoms with Crippen LogP contribution < -0.4 is 5.32 Å². The maximum Gasteiger partial charge on any atom is 0.236 e. The topological polar surface area (TPSA) is 71.3 Å². The van der Waals surface area contributed by atoms with Crippen LogP contribution in [0.15, 0.2) is 10.9 Å². The van der Waals surface area contributed by atoms with E-state index in [0.717, 1.165) is 0 Å². The molecule has 1 rings (SSSR count). The monoisotopic (exact) mass is 184 g/mol. The number of nitrogens with zero attached hydrogens (tertiary/aromatic N) is 3. The molecule has 1 amide bonds. The summed E-state index contributed by atoms with van der Waals surface area (Å²) >= 11 is 0. The van der Waals surface area contributed by atoms with Gasteiger partial charge in [-0.25, -0.2) is 0 Å². The summed E-state index contributed by atoms with van der Waals surface area (Å²) in [5.74, 6) is 0.565. The first-order chi connectivity index (χ1) is 6.20. The van der Waals surface area contributed by atoms with Gasteiger partial charge in [-0.3, -0.25) is 4.79 Å². The normalized spacial score (nSPS) is 10.0. The van der Waals surface area contributed by atoms with Crippen LogP contribution in [0.3, 0.4) is 0 Å². The third kappa shape index (κ3) is 3.20. The molecule has 6 heteroatoms. The summed E-state index contributed by atoms with van der Waals surface area (Å²) in [4.78, 5) is 16.4. The van der Waals surface area contributed by atoms with Crippen molar-refractivity contribution in [2.24, 2.45) is 0 Å². The van der Waals surface area contributed by atoms with E-state index in [9.17, 15) is 4.79 Å². The van der Waals surface area contributed by atoms with E-state index in [-0.39, 0.29) is 12.5 Å². The summed E-state index contributed by atoms with van der Waals surface area (Å²) in [6.07, 6.45) is 1.25. The van der Waals surface area contributed by atoms with E-state index in [2.05, 4.69) is 20.0 Å². The Hall–Kier alpha value is -1.43. The molecule has 13 heavy (non-hydrogen) atoms. The second kappa shape index (κ2) is 4.56. The van der Waals surface area contributed by atoms with Gasteiger partial charge in [0.2, 0.25) is 12.3 Å². The minimum absolute atomic E-state index is 0.0171. The van der Waals surface area contributed by atoms with Gasteiger partial charge in [0, 0.05) is 14.1 Å². The van der Waals surface area contributed by atoms with E-state index < -0.39 is 0 Å². The van der Waals surface area contributed by atoms with Crippen molar-refractivity contribution in [2.45, 2.75) is 6.54 Å². The van der Waals surface area contributed by atoms with E-state index in [0.29, 0.717) is 12.4 Å². The molecule has 0 atom stereocenters. The number of rotatable bonds is 4. The van der Waals surface area contributed by atoms with Crippen molar-refractivity contribution in [1.82, 2.24) is 20.4 Å². The summed E-state index contributed by atoms with van der Waals surface area (Å²) in [5.41, 5.74) is 0. The Kier molecular flexibility index (Phi) is 3.39. The van der Waals surface area contributed by atoms with Gasteiger partial charge in [0.15, 0.2) is 5.82 Å². The molecule has 0 aromatic carbocycles. The Bertz CT molecular complexity index is 257. The minimum atomic E-state index is 0.0171. The fourth-order valence-electron chi connectivity index (χ4n) is 0.710. The van der Waals surface area contributed by atoms with Gasteiger partial charge in [0.25, 0.3) is 0 Å². The SMILES string of the molecule is CN(C)C(=O)CNCc1ncon1. The third-order valence-electron chi connectivity index (χ3n) is 1.47. The molecule has 0 fully saturated rings. The second-order valence-electron chi connectivity index (χ2n) is 2.74. The molecule has 1 aromatic rings. The fourth-order valence-corrected chi connectivity index (χ4v) is 0.710. The van der Waals surface area contributed by atoms with E-state index in [1.807, 2.05) is 0 Å². The summed E-state index contributed by atoms with van der Waals surface area (Å²) in [6, 6.07) is 0. The molecule has 1 heterocycles. The molecule has 0 aliphatic carbocycles. The smallest absolute Gasteiger partial charge is 0.236 e. The maximum absolute atomic E-state index is 11.1. The fraction of sp³-hybridized carbons (Fsp3) is 0.571. The lowest BCUT2D eigenvalue weighted by molar-refractivity contribution is -0.127. The lowest BCUT2D eigenvalue weighted by atomic mass is 10.5. The van der Waals surface area contributed by atoms with Crippen LogP contribution in [0.25, 0.3) is 0 Å². The van der Waals surface area contributed by atoms with Crippen LogP contribution in [0.5, 0.6) is 0 Å². The lowest BCUT2D eigenvalue weighted by Crippen LogP contribution is -2.32. The average molecular weight is 184 g/mol. The number of likely N-dealkylation sites (N-methyl/N-ethyl adjacent to an activating group) is 1. The van der Waals surface area contributed by atoms with Gasteiger partial charge in [-0.1, -0.05) is 5.16 Å². The zero-order valence-corrected chi connectivity index (χ0v) is 7.65. The predicted octanol–water partition coefficient (Wildman–Crippen LogP) is -0.753. The van der Waals surface area contributed by atoms with Crippen LogP contribution in [0.2, 0.25) is 0 Å². The molecule has 6 nitrogen and oxygen atoms in total. The van der Waals surface area contributed by atoms with E-state index in [4.69, 9.17) is 0 Å². The summed E-state index contributed by atoms with van der Waals surface area (Å²) in [5, 5.41) is 6.48. The van der Waals surface area contributed by atoms with Gasteiger partial charge < -0.3 is 14.7 Å². The number of aromatic nitrogens is 2. The van der Waals surface area contributed by atoms with Crippen molar-refractivity contribution in [2.75, 3.05) is 20.6 Å². The van der Waals surface area contributed by atoms with Gasteiger partial charge in [-0.05, 0) is 0 Å². The zero-order valence-electron chi connectivity index (χ0n) is 7.65. The highest BCUT2D eigenvalue weighted by Crippen LogP contribution is 1.86. The Labute approximate surface area is 75.9 Å². The standard InChI is InChI=1S/C7H12N4O2/c1-11(2)7(12)4-8-3-6-9-5-13-10-6/h5,8H,3-4H2,1-2H3. The first-order valence-corrected chi connectivity index (χ1v) is 3.86. The summed E-state index contributed by atoms with van der Waals surface area (Å²) in [6.45, 7) is 0.720. The van der Waals surface area contributed by atoms with Crippen molar-refractivity contribution < 1.29 is 9.32 Å². The molecule has 0 saturated carbocycles. The Morgan fingerprint density at radius 1 is 1.69 bits per heavy atom. The first kappa shape index (κ1) is 9.66. The zero-order chi connectivity index (χ0) is 9.68. The van der Waals surface area contributed by atoms with Crippen LogP contribution in [0.4, 0.5) is 0 Å². The first-order valence-electron chi connectivity index (χ1n) is 3.86. The largest absolute Gasteiger partial charge is 0.348 e. The second-order valence-corrected chi connectivity index (χ2v) is 2.74. The molecule has 0 radical (unpaired) electrons. The third-order valence-corrected chi connectivity index (χ3v) is 1.47. The van der Waals surface area contributed by atoms with Crippen molar-refractivity contribution in [3.05, 3.63) is 12.2 Å². The van der Waals surface area contributed by atoms with Crippen LogP contribution >= 0.6 is 0 Å². The molecule has 1 aromatic heterocycles. The van der Waals surface area contributed by atoms with Gasteiger partial charge >= 0.3 is 0 Å². The number of carbonyl (C=O) groups is 1. The Morgan fingerprint density at radius 2 is 2.46 bits per heavy atom. The van der Waals surface area contributed by atoms with E-state index in [1.165, 1.54) is 11.3 Å². The number of amides is 1. The van der Waals surface area contributed by atoms with Crippen LogP contribution in [-0.4, -0.2) is 41.6 Å². The molecule has 0 saturated heterocycles. The molecular weight excluding hydrogens is 172 g/mol. The van der Waals surface area contributed by atoms with E-state index in [1.54, 1.807) is 14.1 Å². The van der Waals surface area contributed by atoms with E-state index >= 15 is 0 Å². The van der Waals surface area contributed by atoms with Crippen molar-refractivity contribution in [3.63, 3.8) is 0 Å². The molecular formula is C7H12N4O2. The van der Waals surface area contributed by atoms with Crippen molar-refractivity contribution in [1.29, 1.82) is 0 Å². The lowest BCUT2D eigenvalue weighted by Gasteiger charge is -2.09. The van der Waals surface area contributed by atoms with Gasteiger partial charge in [0.05, 0.1) is 13.1 Å². The molecule has 0 aliphatic heterocycles. The average Bonchev–Trinajstić information content (AvgIpc) is 2.56. The number of hydrogen-bond acceptors (Lipinski definition) is 5. The number of nitrogens with one attached hydrogen (secondary N) is 1. The Morgan fingerprint density at radius 3 is 3.00 bits per heavy atom. The van der Waals surface area contributed by atoms with Crippen LogP contribution in [-0.2, 0) is 11.3 Å². The summed E-state index contributed by atoms with van der Waals surface area (Å²) in [7, 11) is 3.41. The number of carbonyl (C=O) groups excluding carboxylic acids is 1. The molecule has 1 N–H and O–H groups in total. The molecule has 72 valence electrons. The quantitative estimate of drug-likeness (QED) is 0.666. The maximum atomic E-state index is 11.1. The van der Waals surface area contributed by atoms with Gasteiger partial charge in [0.1, 0.15) is 0 Å².